The Morgan fingerprint density at radius 3 is 2.47 bits per heavy atom. The fourth-order valence-corrected chi connectivity index (χ4v) is 1.23. The van der Waals surface area contributed by atoms with E-state index in [0.29, 0.717) is 0 Å². The molecular formula is C11H11ClFNO3. The van der Waals surface area contributed by atoms with E-state index in [0.717, 1.165) is 12.1 Å². The number of aliphatic carboxylic acids is 1. The second kappa shape index (κ2) is 4.71. The van der Waals surface area contributed by atoms with Gasteiger partial charge in [0.05, 0.1) is 5.02 Å². The Morgan fingerprint density at radius 1 is 1.41 bits per heavy atom. The zero-order valence-corrected chi connectivity index (χ0v) is 10.0. The number of carboxylic acid groups (broad SMARTS) is 1. The lowest BCUT2D eigenvalue weighted by Crippen LogP contribution is -2.49. The maximum absolute atomic E-state index is 12.9. The molecule has 0 aliphatic carbocycles. The van der Waals surface area contributed by atoms with E-state index in [2.05, 4.69) is 5.32 Å². The molecule has 0 aliphatic rings. The minimum absolute atomic E-state index is 0.103. The van der Waals surface area contributed by atoms with Gasteiger partial charge in [-0.25, -0.2) is 9.18 Å². The van der Waals surface area contributed by atoms with Crippen LogP contribution in [0.4, 0.5) is 4.39 Å². The lowest BCUT2D eigenvalue weighted by atomic mass is 10.1. The first-order valence-electron chi connectivity index (χ1n) is 4.75. The average molecular weight is 260 g/mol. The van der Waals surface area contributed by atoms with E-state index >= 15 is 0 Å². The van der Waals surface area contributed by atoms with Crippen LogP contribution in [-0.4, -0.2) is 22.5 Å². The summed E-state index contributed by atoms with van der Waals surface area (Å²) in [5.41, 5.74) is -1.30. The molecule has 4 nitrogen and oxygen atoms in total. The number of amides is 1. The molecule has 0 bridgehead atoms. The number of rotatable bonds is 3. The Hall–Kier alpha value is -1.62. The molecule has 0 unspecified atom stereocenters. The molecule has 0 atom stereocenters. The summed E-state index contributed by atoms with van der Waals surface area (Å²) in [5, 5.41) is 10.9. The largest absolute Gasteiger partial charge is 0.480 e. The van der Waals surface area contributed by atoms with Crippen LogP contribution < -0.4 is 5.32 Å². The van der Waals surface area contributed by atoms with Gasteiger partial charge in [0.15, 0.2) is 0 Å². The van der Waals surface area contributed by atoms with Crippen molar-refractivity contribution in [3.63, 3.8) is 0 Å². The molecule has 0 saturated carbocycles. The van der Waals surface area contributed by atoms with Crippen molar-refractivity contribution in [1.29, 1.82) is 0 Å². The van der Waals surface area contributed by atoms with Gasteiger partial charge in [-0.05, 0) is 32.0 Å². The van der Waals surface area contributed by atoms with Crippen molar-refractivity contribution in [1.82, 2.24) is 5.32 Å². The number of benzene rings is 1. The summed E-state index contributed by atoms with van der Waals surface area (Å²) in [7, 11) is 0. The fraction of sp³-hybridized carbons (Fsp3) is 0.273. The normalized spacial score (nSPS) is 11.1. The van der Waals surface area contributed by atoms with Crippen molar-refractivity contribution in [3.8, 4) is 0 Å². The molecule has 92 valence electrons. The van der Waals surface area contributed by atoms with Crippen LogP contribution in [0.15, 0.2) is 18.2 Å². The first-order valence-corrected chi connectivity index (χ1v) is 5.13. The molecule has 0 heterocycles. The quantitative estimate of drug-likeness (QED) is 0.873. The topological polar surface area (TPSA) is 66.4 Å². The SMILES string of the molecule is CC(C)(NC(=O)c1ccc(F)c(Cl)c1)C(=O)O. The van der Waals surface area contributed by atoms with E-state index in [1.807, 2.05) is 0 Å². The molecule has 1 amide bonds. The van der Waals surface area contributed by atoms with E-state index in [9.17, 15) is 14.0 Å². The summed E-state index contributed by atoms with van der Waals surface area (Å²) in [6.07, 6.45) is 0. The van der Waals surface area contributed by atoms with Gasteiger partial charge in [-0.1, -0.05) is 11.6 Å². The Labute approximate surface area is 102 Å². The zero-order valence-electron chi connectivity index (χ0n) is 9.25. The van der Waals surface area contributed by atoms with Crippen LogP contribution in [0.5, 0.6) is 0 Å². The Bertz CT molecular complexity index is 474. The van der Waals surface area contributed by atoms with Crippen LogP contribution in [0, 0.1) is 5.82 Å². The van der Waals surface area contributed by atoms with E-state index in [1.54, 1.807) is 0 Å². The highest BCUT2D eigenvalue weighted by Crippen LogP contribution is 2.16. The zero-order chi connectivity index (χ0) is 13.2. The van der Waals surface area contributed by atoms with Gasteiger partial charge in [-0.2, -0.15) is 0 Å². The molecule has 2 N–H and O–H groups in total. The molecule has 6 heteroatoms. The summed E-state index contributed by atoms with van der Waals surface area (Å²) in [6, 6.07) is 3.42. The van der Waals surface area contributed by atoms with Gasteiger partial charge in [0.25, 0.3) is 5.91 Å². The maximum Gasteiger partial charge on any atom is 0.328 e. The second-order valence-corrected chi connectivity index (χ2v) is 4.42. The third kappa shape index (κ3) is 3.17. The van der Waals surface area contributed by atoms with Crippen LogP contribution >= 0.6 is 11.6 Å². The highest BCUT2D eigenvalue weighted by atomic mass is 35.5. The maximum atomic E-state index is 12.9. The number of hydrogen-bond donors (Lipinski definition) is 2. The molecule has 0 spiro atoms. The summed E-state index contributed by atoms with van der Waals surface area (Å²) >= 11 is 5.52. The number of halogens is 2. The van der Waals surface area contributed by atoms with E-state index in [1.165, 1.54) is 19.9 Å². The molecule has 0 fully saturated rings. The minimum atomic E-state index is -1.40. The van der Waals surface area contributed by atoms with E-state index in [4.69, 9.17) is 16.7 Å². The van der Waals surface area contributed by atoms with Gasteiger partial charge >= 0.3 is 5.97 Å². The molecule has 0 aromatic heterocycles. The average Bonchev–Trinajstić information content (AvgIpc) is 2.21. The van der Waals surface area contributed by atoms with Gasteiger partial charge in [-0.15, -0.1) is 0 Å². The van der Waals surface area contributed by atoms with E-state index < -0.39 is 23.2 Å². The van der Waals surface area contributed by atoms with Gasteiger partial charge in [0.2, 0.25) is 0 Å². The Kier molecular flexibility index (Phi) is 3.72. The lowest BCUT2D eigenvalue weighted by molar-refractivity contribution is -0.143. The molecule has 1 aromatic carbocycles. The van der Waals surface area contributed by atoms with Gasteiger partial charge in [0, 0.05) is 5.56 Å². The van der Waals surface area contributed by atoms with Gasteiger partial charge < -0.3 is 10.4 Å². The van der Waals surface area contributed by atoms with Crippen LogP contribution in [0.3, 0.4) is 0 Å². The molecule has 0 saturated heterocycles. The summed E-state index contributed by atoms with van der Waals surface area (Å²) in [4.78, 5) is 22.5. The molecule has 0 aliphatic heterocycles. The van der Waals surface area contributed by atoms with Crippen molar-refractivity contribution in [2.75, 3.05) is 0 Å². The van der Waals surface area contributed by atoms with Crippen LogP contribution in [-0.2, 0) is 4.79 Å². The molecule has 17 heavy (non-hydrogen) atoms. The minimum Gasteiger partial charge on any atom is -0.480 e. The third-order valence-corrected chi connectivity index (χ3v) is 2.43. The highest BCUT2D eigenvalue weighted by Gasteiger charge is 2.29. The molecule has 0 radical (unpaired) electrons. The number of carboxylic acids is 1. The number of carbonyl (C=O) groups excluding carboxylic acids is 1. The first kappa shape index (κ1) is 13.4. The predicted molar refractivity (Wildman–Crippen MR) is 60.6 cm³/mol. The fourth-order valence-electron chi connectivity index (χ4n) is 1.05. The van der Waals surface area contributed by atoms with Crippen LogP contribution in [0.2, 0.25) is 5.02 Å². The standard InChI is InChI=1S/C11H11ClFNO3/c1-11(2,10(16)17)14-9(15)6-3-4-8(13)7(12)5-6/h3-5H,1-2H3,(H,14,15)(H,16,17). The summed E-state index contributed by atoms with van der Waals surface area (Å²) < 4.78 is 12.9. The van der Waals surface area contributed by atoms with Crippen molar-refractivity contribution in [2.45, 2.75) is 19.4 Å². The Balaban J connectivity index is 2.91. The number of hydrogen-bond acceptors (Lipinski definition) is 2. The van der Waals surface area contributed by atoms with Crippen molar-refractivity contribution in [2.24, 2.45) is 0 Å². The predicted octanol–water partition coefficient (Wildman–Crippen LogP) is 2.07. The van der Waals surface area contributed by atoms with Gasteiger partial charge in [0.1, 0.15) is 11.4 Å². The van der Waals surface area contributed by atoms with Crippen LogP contribution in [0.1, 0.15) is 24.2 Å². The smallest absolute Gasteiger partial charge is 0.328 e. The number of nitrogens with one attached hydrogen (secondary N) is 1. The summed E-state index contributed by atoms with van der Waals surface area (Å²) in [6.45, 7) is 2.69. The van der Waals surface area contributed by atoms with E-state index in [-0.39, 0.29) is 10.6 Å². The van der Waals surface area contributed by atoms with Crippen molar-refractivity contribution >= 4 is 23.5 Å². The first-order chi connectivity index (χ1) is 7.74. The third-order valence-electron chi connectivity index (χ3n) is 2.14. The second-order valence-electron chi connectivity index (χ2n) is 4.01. The van der Waals surface area contributed by atoms with Crippen LogP contribution in [0.25, 0.3) is 0 Å². The molecular weight excluding hydrogens is 249 g/mol. The van der Waals surface area contributed by atoms with Crippen molar-refractivity contribution < 1.29 is 19.1 Å². The number of carbonyl (C=O) groups is 2. The monoisotopic (exact) mass is 259 g/mol. The van der Waals surface area contributed by atoms with Crippen molar-refractivity contribution in [3.05, 3.63) is 34.6 Å². The van der Waals surface area contributed by atoms with Gasteiger partial charge in [-0.3, -0.25) is 4.79 Å². The molecule has 1 rings (SSSR count). The summed E-state index contributed by atoms with van der Waals surface area (Å²) in [5.74, 6) is -2.43. The highest BCUT2D eigenvalue weighted by molar-refractivity contribution is 6.31. The molecule has 1 aromatic rings. The Morgan fingerprint density at radius 2 is 2.00 bits per heavy atom. The lowest BCUT2D eigenvalue weighted by Gasteiger charge is -2.20.